The van der Waals surface area contributed by atoms with E-state index in [1.54, 1.807) is 0 Å². The fraction of sp³-hybridized carbons (Fsp3) is 0.357. The average molecular weight is 214 g/mol. The second-order valence-corrected chi connectivity index (χ2v) is 4.41. The van der Waals surface area contributed by atoms with Crippen LogP contribution in [0, 0.1) is 27.7 Å². The van der Waals surface area contributed by atoms with Crippen molar-refractivity contribution in [1.82, 2.24) is 9.55 Å². The monoisotopic (exact) mass is 214 g/mol. The molecule has 0 N–H and O–H groups in total. The van der Waals surface area contributed by atoms with Crippen molar-refractivity contribution in [3.05, 3.63) is 52.6 Å². The minimum absolute atomic E-state index is 0.922. The zero-order valence-corrected chi connectivity index (χ0v) is 10.4. The molecule has 0 saturated heterocycles. The highest BCUT2D eigenvalue weighted by Gasteiger charge is 2.06. The first-order valence-electron chi connectivity index (χ1n) is 5.63. The molecule has 0 spiro atoms. The van der Waals surface area contributed by atoms with Crippen LogP contribution >= 0.6 is 0 Å². The summed E-state index contributed by atoms with van der Waals surface area (Å²) in [7, 11) is 0. The highest BCUT2D eigenvalue weighted by atomic mass is 15.0. The van der Waals surface area contributed by atoms with E-state index in [0.29, 0.717) is 0 Å². The molecule has 2 aromatic rings. The Labute approximate surface area is 97.0 Å². The first-order chi connectivity index (χ1) is 7.59. The van der Waals surface area contributed by atoms with Gasteiger partial charge in [0.2, 0.25) is 0 Å². The highest BCUT2D eigenvalue weighted by molar-refractivity contribution is 5.34. The Morgan fingerprint density at radius 3 is 2.19 bits per heavy atom. The Balaban J connectivity index is 2.38. The maximum absolute atomic E-state index is 4.33. The molecule has 0 aliphatic carbocycles. The molecular formula is C14H18N2. The second-order valence-electron chi connectivity index (χ2n) is 4.41. The Bertz CT molecular complexity index is 489. The maximum Gasteiger partial charge on any atom is 0.0954 e. The molecule has 0 atom stereocenters. The largest absolute Gasteiger partial charge is 0.330 e. The van der Waals surface area contributed by atoms with Crippen LogP contribution in [-0.4, -0.2) is 9.55 Å². The van der Waals surface area contributed by atoms with Crippen LogP contribution < -0.4 is 0 Å². The average Bonchev–Trinajstić information content (AvgIpc) is 2.55. The van der Waals surface area contributed by atoms with Crippen molar-refractivity contribution in [3.63, 3.8) is 0 Å². The molecule has 0 aliphatic heterocycles. The molecule has 0 fully saturated rings. The fourth-order valence-corrected chi connectivity index (χ4v) is 1.97. The van der Waals surface area contributed by atoms with Gasteiger partial charge in [-0.05, 0) is 44.4 Å². The van der Waals surface area contributed by atoms with Gasteiger partial charge in [0.1, 0.15) is 0 Å². The van der Waals surface area contributed by atoms with Gasteiger partial charge < -0.3 is 4.57 Å². The van der Waals surface area contributed by atoms with Gasteiger partial charge in [-0.3, -0.25) is 0 Å². The van der Waals surface area contributed by atoms with Gasteiger partial charge >= 0.3 is 0 Å². The first kappa shape index (κ1) is 10.9. The number of rotatable bonds is 2. The van der Waals surface area contributed by atoms with Gasteiger partial charge in [-0.2, -0.15) is 0 Å². The second kappa shape index (κ2) is 4.12. The van der Waals surface area contributed by atoms with Crippen molar-refractivity contribution in [2.45, 2.75) is 34.2 Å². The smallest absolute Gasteiger partial charge is 0.0954 e. The molecule has 0 bridgehead atoms. The molecule has 2 nitrogen and oxygen atoms in total. The van der Waals surface area contributed by atoms with Crippen molar-refractivity contribution >= 4 is 0 Å². The van der Waals surface area contributed by atoms with Gasteiger partial charge in [-0.25, -0.2) is 4.98 Å². The van der Waals surface area contributed by atoms with Crippen molar-refractivity contribution in [2.24, 2.45) is 0 Å². The zero-order chi connectivity index (χ0) is 11.7. The normalized spacial score (nSPS) is 10.8. The number of benzene rings is 1. The van der Waals surface area contributed by atoms with Gasteiger partial charge in [-0.15, -0.1) is 0 Å². The molecule has 0 radical (unpaired) electrons. The molecule has 84 valence electrons. The van der Waals surface area contributed by atoms with E-state index < -0.39 is 0 Å². The van der Waals surface area contributed by atoms with Crippen LogP contribution in [-0.2, 0) is 6.54 Å². The summed E-state index contributed by atoms with van der Waals surface area (Å²) >= 11 is 0. The Hall–Kier alpha value is -1.57. The molecule has 2 rings (SSSR count). The lowest BCUT2D eigenvalue weighted by molar-refractivity contribution is 0.760. The molecule has 16 heavy (non-hydrogen) atoms. The van der Waals surface area contributed by atoms with Crippen molar-refractivity contribution in [2.75, 3.05) is 0 Å². The van der Waals surface area contributed by atoms with E-state index in [9.17, 15) is 0 Å². The van der Waals surface area contributed by atoms with E-state index in [-0.39, 0.29) is 0 Å². The summed E-state index contributed by atoms with van der Waals surface area (Å²) in [5, 5.41) is 0. The highest BCUT2D eigenvalue weighted by Crippen LogP contribution is 2.16. The summed E-state index contributed by atoms with van der Waals surface area (Å²) in [6, 6.07) is 6.45. The third-order valence-electron chi connectivity index (χ3n) is 3.32. The van der Waals surface area contributed by atoms with Gasteiger partial charge in [0, 0.05) is 12.2 Å². The topological polar surface area (TPSA) is 17.8 Å². The molecule has 2 heteroatoms. The van der Waals surface area contributed by atoms with Crippen LogP contribution in [0.15, 0.2) is 24.5 Å². The van der Waals surface area contributed by atoms with Gasteiger partial charge in [0.05, 0.1) is 12.0 Å². The number of aromatic nitrogens is 2. The molecule has 1 heterocycles. The lowest BCUT2D eigenvalue weighted by atomic mass is 10.0. The van der Waals surface area contributed by atoms with Gasteiger partial charge in [0.15, 0.2) is 0 Å². The summed E-state index contributed by atoms with van der Waals surface area (Å²) in [5.74, 6) is 0. The predicted octanol–water partition coefficient (Wildman–Crippen LogP) is 3.17. The summed E-state index contributed by atoms with van der Waals surface area (Å²) in [6.07, 6.45) is 1.93. The summed E-state index contributed by atoms with van der Waals surface area (Å²) in [4.78, 5) is 4.33. The number of aryl methyl sites for hydroxylation is 3. The predicted molar refractivity (Wildman–Crippen MR) is 66.7 cm³/mol. The molecular weight excluding hydrogens is 196 g/mol. The van der Waals surface area contributed by atoms with Crippen LogP contribution in [0.2, 0.25) is 0 Å². The Morgan fingerprint density at radius 2 is 1.69 bits per heavy atom. The zero-order valence-electron chi connectivity index (χ0n) is 10.4. The van der Waals surface area contributed by atoms with Crippen molar-refractivity contribution in [3.8, 4) is 0 Å². The third kappa shape index (κ3) is 1.87. The molecule has 0 aliphatic rings. The quantitative estimate of drug-likeness (QED) is 0.751. The van der Waals surface area contributed by atoms with E-state index >= 15 is 0 Å². The van der Waals surface area contributed by atoms with Crippen LogP contribution in [0.3, 0.4) is 0 Å². The van der Waals surface area contributed by atoms with Crippen LogP contribution in [0.1, 0.15) is 28.1 Å². The number of imidazole rings is 1. The first-order valence-corrected chi connectivity index (χ1v) is 5.63. The Kier molecular flexibility index (Phi) is 2.82. The number of hydrogen-bond acceptors (Lipinski definition) is 1. The Morgan fingerprint density at radius 1 is 1.06 bits per heavy atom. The van der Waals surface area contributed by atoms with Crippen molar-refractivity contribution in [1.29, 1.82) is 0 Å². The van der Waals surface area contributed by atoms with Crippen LogP contribution in [0.25, 0.3) is 0 Å². The van der Waals surface area contributed by atoms with E-state index in [0.717, 1.165) is 12.2 Å². The van der Waals surface area contributed by atoms with E-state index in [1.165, 1.54) is 22.4 Å². The minimum atomic E-state index is 0.922. The molecule has 1 aromatic heterocycles. The summed E-state index contributed by atoms with van der Waals surface area (Å²) in [5.41, 5.74) is 6.48. The molecule has 0 amide bonds. The van der Waals surface area contributed by atoms with Crippen LogP contribution in [0.5, 0.6) is 0 Å². The third-order valence-corrected chi connectivity index (χ3v) is 3.32. The molecule has 0 saturated carbocycles. The van der Waals surface area contributed by atoms with Gasteiger partial charge in [-0.1, -0.05) is 18.2 Å². The number of hydrogen-bond donors (Lipinski definition) is 0. The molecule has 0 unspecified atom stereocenters. The van der Waals surface area contributed by atoms with Gasteiger partial charge in [0.25, 0.3) is 0 Å². The van der Waals surface area contributed by atoms with Crippen LogP contribution in [0.4, 0.5) is 0 Å². The molecule has 1 aromatic carbocycles. The van der Waals surface area contributed by atoms with E-state index in [4.69, 9.17) is 0 Å². The fourth-order valence-electron chi connectivity index (χ4n) is 1.97. The number of nitrogens with zero attached hydrogens (tertiary/aromatic N) is 2. The summed E-state index contributed by atoms with van der Waals surface area (Å²) < 4.78 is 2.21. The van der Waals surface area contributed by atoms with Crippen molar-refractivity contribution < 1.29 is 0 Å². The lowest BCUT2D eigenvalue weighted by Gasteiger charge is -2.11. The van der Waals surface area contributed by atoms with E-state index in [2.05, 4.69) is 55.4 Å². The summed E-state index contributed by atoms with van der Waals surface area (Å²) in [6.45, 7) is 9.43. The lowest BCUT2D eigenvalue weighted by Crippen LogP contribution is -2.04. The SMILES string of the molecule is Cc1cccc(C)c1Cn1cnc(C)c1C. The maximum atomic E-state index is 4.33. The standard InChI is InChI=1S/C14H18N2/c1-10-6-5-7-11(2)14(10)8-16-9-15-12(3)13(16)4/h5-7,9H,8H2,1-4H3. The van der Waals surface area contributed by atoms with E-state index in [1.807, 2.05) is 6.33 Å². The minimum Gasteiger partial charge on any atom is -0.330 e.